The number of rotatable bonds is 4. The minimum Gasteiger partial charge on any atom is -0.477 e. The molecular formula is C22H30ClN3O4. The number of piperidine rings is 1. The summed E-state index contributed by atoms with van der Waals surface area (Å²) in [4.78, 5) is 18.4. The number of hydrogen-bond acceptors (Lipinski definition) is 6. The molecule has 7 nitrogen and oxygen atoms in total. The average Bonchev–Trinajstić information content (AvgIpc) is 2.76. The van der Waals surface area contributed by atoms with E-state index in [4.69, 9.17) is 14.6 Å². The van der Waals surface area contributed by atoms with Crippen molar-refractivity contribution in [3.8, 4) is 5.88 Å². The van der Waals surface area contributed by atoms with Crippen LogP contribution in [0.25, 0.3) is 0 Å². The molecule has 0 spiro atoms. The fraction of sp³-hybridized carbons (Fsp3) is 0.500. The molecule has 0 aromatic carbocycles. The molecule has 8 heteroatoms. The van der Waals surface area contributed by atoms with E-state index in [1.807, 2.05) is 19.2 Å². The summed E-state index contributed by atoms with van der Waals surface area (Å²) >= 11 is 0. The third-order valence-corrected chi connectivity index (χ3v) is 5.16. The van der Waals surface area contributed by atoms with Crippen LogP contribution in [0.3, 0.4) is 0 Å². The third kappa shape index (κ3) is 7.23. The van der Waals surface area contributed by atoms with E-state index in [0.717, 1.165) is 63.4 Å². The van der Waals surface area contributed by atoms with E-state index in [-0.39, 0.29) is 18.1 Å². The van der Waals surface area contributed by atoms with Crippen LogP contribution in [0, 0.1) is 6.92 Å². The number of nitrogens with one attached hydrogen (secondary N) is 1. The Kier molecular flexibility index (Phi) is 10.00. The normalized spacial score (nSPS) is 17.2. The molecule has 2 fully saturated rings. The largest absolute Gasteiger partial charge is 0.477 e. The minimum absolute atomic E-state index is 0. The lowest BCUT2D eigenvalue weighted by atomic mass is 9.92. The van der Waals surface area contributed by atoms with Gasteiger partial charge in [0.15, 0.2) is 0 Å². The van der Waals surface area contributed by atoms with Gasteiger partial charge in [-0.15, -0.1) is 12.4 Å². The van der Waals surface area contributed by atoms with Crippen LogP contribution in [0.15, 0.2) is 36.7 Å². The summed E-state index contributed by atoms with van der Waals surface area (Å²) in [5.74, 6) is 0.407. The summed E-state index contributed by atoms with van der Waals surface area (Å²) in [5.41, 5.74) is 2.27. The van der Waals surface area contributed by atoms with Crippen molar-refractivity contribution in [3.63, 3.8) is 0 Å². The number of ether oxygens (including phenoxy) is 2. The van der Waals surface area contributed by atoms with Gasteiger partial charge in [-0.05, 0) is 75.4 Å². The highest BCUT2D eigenvalue weighted by atomic mass is 35.5. The third-order valence-electron chi connectivity index (χ3n) is 5.16. The highest BCUT2D eigenvalue weighted by Crippen LogP contribution is 2.33. The predicted octanol–water partition coefficient (Wildman–Crippen LogP) is 3.62. The molecule has 4 rings (SSSR count). The Morgan fingerprint density at radius 2 is 1.87 bits per heavy atom. The number of aromatic carboxylic acids is 1. The van der Waals surface area contributed by atoms with E-state index in [1.54, 1.807) is 6.07 Å². The molecule has 2 aromatic rings. The van der Waals surface area contributed by atoms with Crippen LogP contribution in [0.5, 0.6) is 5.88 Å². The van der Waals surface area contributed by atoms with Crippen molar-refractivity contribution in [3.05, 3.63) is 53.5 Å². The molecule has 2 aromatic heterocycles. The monoisotopic (exact) mass is 435 g/mol. The number of nitrogens with zero attached hydrogens (tertiary/aromatic N) is 2. The number of aryl methyl sites for hydroxylation is 1. The zero-order valence-corrected chi connectivity index (χ0v) is 18.1. The van der Waals surface area contributed by atoms with Gasteiger partial charge in [-0.2, -0.15) is 0 Å². The number of hydrogen-bond donors (Lipinski definition) is 2. The highest BCUT2D eigenvalue weighted by Gasteiger charge is 2.22. The maximum Gasteiger partial charge on any atom is 0.354 e. The first kappa shape index (κ1) is 24.1. The summed E-state index contributed by atoms with van der Waals surface area (Å²) in [6, 6.07) is 7.47. The van der Waals surface area contributed by atoms with Gasteiger partial charge in [-0.3, -0.25) is 0 Å². The molecule has 0 unspecified atom stereocenters. The molecule has 2 aliphatic rings. The van der Waals surface area contributed by atoms with Crippen molar-refractivity contribution in [2.75, 3.05) is 26.3 Å². The molecule has 4 heterocycles. The topological polar surface area (TPSA) is 93.6 Å². The lowest BCUT2D eigenvalue weighted by Crippen LogP contribution is -2.34. The zero-order valence-electron chi connectivity index (χ0n) is 17.3. The summed E-state index contributed by atoms with van der Waals surface area (Å²) in [5, 5.41) is 11.8. The number of aromatic nitrogens is 2. The van der Waals surface area contributed by atoms with Crippen molar-refractivity contribution < 1.29 is 19.4 Å². The summed E-state index contributed by atoms with van der Waals surface area (Å²) in [7, 11) is 0. The maximum atomic E-state index is 10.3. The Morgan fingerprint density at radius 3 is 2.50 bits per heavy atom. The predicted molar refractivity (Wildman–Crippen MR) is 117 cm³/mol. The molecular weight excluding hydrogens is 406 g/mol. The van der Waals surface area contributed by atoms with Crippen LogP contribution in [0.2, 0.25) is 0 Å². The SMILES string of the molecule is Cc1ccnc(C(=O)O)c1.Cl.c1cnc(OC2CCNCC2)c(C2CCOCC2)c1. The van der Waals surface area contributed by atoms with Gasteiger partial charge in [0.2, 0.25) is 5.88 Å². The van der Waals surface area contributed by atoms with Gasteiger partial charge >= 0.3 is 5.97 Å². The molecule has 164 valence electrons. The second-order valence-corrected chi connectivity index (χ2v) is 7.38. The van der Waals surface area contributed by atoms with Crippen LogP contribution in [0.1, 0.15) is 53.2 Å². The molecule has 0 saturated carbocycles. The molecule has 30 heavy (non-hydrogen) atoms. The van der Waals surface area contributed by atoms with Crippen LogP contribution < -0.4 is 10.1 Å². The molecule has 2 aliphatic heterocycles. The number of carboxylic acid groups (broad SMARTS) is 1. The van der Waals surface area contributed by atoms with Crippen molar-refractivity contribution in [1.82, 2.24) is 15.3 Å². The second kappa shape index (κ2) is 12.5. The fourth-order valence-corrected chi connectivity index (χ4v) is 3.55. The van der Waals surface area contributed by atoms with Crippen LogP contribution in [-0.2, 0) is 4.74 Å². The second-order valence-electron chi connectivity index (χ2n) is 7.38. The van der Waals surface area contributed by atoms with Gasteiger partial charge in [0.1, 0.15) is 11.8 Å². The van der Waals surface area contributed by atoms with Crippen molar-refractivity contribution >= 4 is 18.4 Å². The number of halogens is 1. The van der Waals surface area contributed by atoms with Gasteiger partial charge in [0.25, 0.3) is 0 Å². The van der Waals surface area contributed by atoms with Gasteiger partial charge in [-0.1, -0.05) is 6.07 Å². The number of carboxylic acids is 1. The van der Waals surface area contributed by atoms with Crippen LogP contribution >= 0.6 is 12.4 Å². The fourth-order valence-electron chi connectivity index (χ4n) is 3.55. The van der Waals surface area contributed by atoms with Gasteiger partial charge < -0.3 is 19.9 Å². The van der Waals surface area contributed by atoms with E-state index in [0.29, 0.717) is 12.0 Å². The Balaban J connectivity index is 0.000000249. The first-order valence-electron chi connectivity index (χ1n) is 10.2. The Hall–Kier alpha value is -2.22. The molecule has 0 bridgehead atoms. The molecule has 2 saturated heterocycles. The number of pyridine rings is 2. The highest BCUT2D eigenvalue weighted by molar-refractivity contribution is 5.85. The molecule has 2 N–H and O–H groups in total. The number of carbonyl (C=O) groups is 1. The van der Waals surface area contributed by atoms with Crippen molar-refractivity contribution in [2.24, 2.45) is 0 Å². The first-order valence-corrected chi connectivity index (χ1v) is 10.2. The van der Waals surface area contributed by atoms with Crippen molar-refractivity contribution in [2.45, 2.75) is 44.6 Å². The minimum atomic E-state index is -0.983. The van der Waals surface area contributed by atoms with E-state index in [1.165, 1.54) is 17.8 Å². The molecule has 0 aliphatic carbocycles. The molecule has 0 radical (unpaired) electrons. The Labute approximate surface area is 183 Å². The van der Waals surface area contributed by atoms with Gasteiger partial charge in [0.05, 0.1) is 0 Å². The van der Waals surface area contributed by atoms with Crippen molar-refractivity contribution in [1.29, 1.82) is 0 Å². The zero-order chi connectivity index (χ0) is 20.5. The first-order chi connectivity index (χ1) is 14.1. The standard InChI is InChI=1S/C15H22N2O2.C7H7NO2.ClH/c1-2-14(12-5-10-18-11-6-12)15(17-7-1)19-13-3-8-16-9-4-13;1-5-2-3-8-6(4-5)7(9)10;/h1-2,7,12-13,16H,3-6,8-11H2;2-4H,1H3,(H,9,10);1H. The Bertz CT molecular complexity index is 793. The van der Waals surface area contributed by atoms with E-state index in [2.05, 4.69) is 21.4 Å². The Morgan fingerprint density at radius 1 is 1.13 bits per heavy atom. The van der Waals surface area contributed by atoms with Gasteiger partial charge in [0, 0.05) is 31.2 Å². The summed E-state index contributed by atoms with van der Waals surface area (Å²) < 4.78 is 11.6. The van der Waals surface area contributed by atoms with Crippen LogP contribution in [0.4, 0.5) is 0 Å². The molecule has 0 amide bonds. The van der Waals surface area contributed by atoms with E-state index in [9.17, 15) is 4.79 Å². The van der Waals surface area contributed by atoms with E-state index < -0.39 is 5.97 Å². The lowest BCUT2D eigenvalue weighted by molar-refractivity contribution is 0.0690. The van der Waals surface area contributed by atoms with Gasteiger partial charge in [-0.25, -0.2) is 14.8 Å². The quantitative estimate of drug-likeness (QED) is 0.757. The lowest BCUT2D eigenvalue weighted by Gasteiger charge is -2.27. The summed E-state index contributed by atoms with van der Waals surface area (Å²) in [6.45, 7) is 5.63. The van der Waals surface area contributed by atoms with Crippen LogP contribution in [-0.4, -0.2) is 53.5 Å². The molecule has 0 atom stereocenters. The summed E-state index contributed by atoms with van der Waals surface area (Å²) in [6.07, 6.45) is 7.93. The van der Waals surface area contributed by atoms with E-state index >= 15 is 0 Å². The maximum absolute atomic E-state index is 10.3. The smallest absolute Gasteiger partial charge is 0.354 e. The average molecular weight is 436 g/mol.